The van der Waals surface area contributed by atoms with Crippen molar-refractivity contribution in [1.29, 1.82) is 0 Å². The van der Waals surface area contributed by atoms with Gasteiger partial charge < -0.3 is 10.0 Å². The molecule has 6 nitrogen and oxygen atoms in total. The molecule has 1 heterocycles. The summed E-state index contributed by atoms with van der Waals surface area (Å²) in [6.07, 6.45) is 1.34. The zero-order chi connectivity index (χ0) is 11.4. The van der Waals surface area contributed by atoms with E-state index in [-0.39, 0.29) is 18.3 Å². The van der Waals surface area contributed by atoms with Gasteiger partial charge in [0.1, 0.15) is 6.54 Å². The molecule has 15 heavy (non-hydrogen) atoms. The molecule has 82 valence electrons. The molecule has 1 N–H and O–H groups in total. The Kier molecular flexibility index (Phi) is 3.73. The normalized spacial score (nSPS) is 10.3. The van der Waals surface area contributed by atoms with Crippen LogP contribution in [0.2, 0.25) is 0 Å². The first-order chi connectivity index (χ1) is 7.02. The van der Waals surface area contributed by atoms with Gasteiger partial charge in [-0.25, -0.2) is 0 Å². The minimum Gasteiger partial charge on any atom is -0.480 e. The number of carboxylic acids is 1. The average molecular weight is 229 g/mol. The van der Waals surface area contributed by atoms with E-state index in [0.29, 0.717) is 0 Å². The fourth-order valence-corrected chi connectivity index (χ4v) is 1.45. The molecule has 1 aromatic rings. The largest absolute Gasteiger partial charge is 0.480 e. The van der Waals surface area contributed by atoms with Crippen LogP contribution in [-0.4, -0.2) is 43.2 Å². The van der Waals surface area contributed by atoms with Gasteiger partial charge in [0, 0.05) is 6.04 Å². The highest BCUT2D eigenvalue weighted by Gasteiger charge is 2.22. The van der Waals surface area contributed by atoms with Crippen molar-refractivity contribution in [2.24, 2.45) is 0 Å². The van der Waals surface area contributed by atoms with Crippen molar-refractivity contribution in [2.45, 2.75) is 19.9 Å². The third-order valence-electron chi connectivity index (χ3n) is 1.77. The first-order valence-corrected chi connectivity index (χ1v) is 5.05. The third-order valence-corrected chi connectivity index (χ3v) is 2.25. The van der Waals surface area contributed by atoms with E-state index in [2.05, 4.69) is 8.75 Å². The lowest BCUT2D eigenvalue weighted by molar-refractivity contribution is -0.138. The monoisotopic (exact) mass is 229 g/mol. The van der Waals surface area contributed by atoms with Crippen molar-refractivity contribution < 1.29 is 14.7 Å². The second-order valence-electron chi connectivity index (χ2n) is 3.21. The number of aromatic nitrogens is 2. The zero-order valence-electron chi connectivity index (χ0n) is 8.38. The Hall–Kier alpha value is -1.50. The van der Waals surface area contributed by atoms with Gasteiger partial charge in [0.25, 0.3) is 5.91 Å². The number of carbonyl (C=O) groups is 2. The number of carboxylic acid groups (broad SMARTS) is 1. The molecule has 1 aromatic heterocycles. The van der Waals surface area contributed by atoms with E-state index in [9.17, 15) is 9.59 Å². The molecular weight excluding hydrogens is 218 g/mol. The maximum atomic E-state index is 11.7. The van der Waals surface area contributed by atoms with E-state index < -0.39 is 11.9 Å². The molecular formula is C8H11N3O3S. The maximum Gasteiger partial charge on any atom is 0.323 e. The molecule has 0 radical (unpaired) electrons. The van der Waals surface area contributed by atoms with Crippen LogP contribution in [-0.2, 0) is 4.79 Å². The minimum absolute atomic E-state index is 0.185. The molecule has 0 aliphatic carbocycles. The predicted octanol–water partition coefficient (Wildman–Crippen LogP) is 0.473. The second-order valence-corrected chi connectivity index (χ2v) is 3.77. The molecule has 0 saturated heterocycles. The lowest BCUT2D eigenvalue weighted by Crippen LogP contribution is -2.40. The summed E-state index contributed by atoms with van der Waals surface area (Å²) < 4.78 is 7.47. The van der Waals surface area contributed by atoms with Gasteiger partial charge in [-0.2, -0.15) is 8.75 Å². The molecule has 7 heteroatoms. The van der Waals surface area contributed by atoms with Gasteiger partial charge in [-0.15, -0.1) is 0 Å². The Morgan fingerprint density at radius 2 is 2.27 bits per heavy atom. The number of nitrogens with zero attached hydrogens (tertiary/aromatic N) is 3. The first-order valence-electron chi connectivity index (χ1n) is 4.32. The molecule has 0 spiro atoms. The highest BCUT2D eigenvalue weighted by atomic mass is 32.1. The topological polar surface area (TPSA) is 83.4 Å². The smallest absolute Gasteiger partial charge is 0.323 e. The van der Waals surface area contributed by atoms with Crippen LogP contribution >= 0.6 is 11.7 Å². The number of rotatable bonds is 4. The summed E-state index contributed by atoms with van der Waals surface area (Å²) in [5.41, 5.74) is 0.190. The maximum absolute atomic E-state index is 11.7. The van der Waals surface area contributed by atoms with Crippen LogP contribution in [0.15, 0.2) is 6.20 Å². The Morgan fingerprint density at radius 3 is 2.67 bits per heavy atom. The molecule has 0 aliphatic rings. The number of hydrogen-bond donors (Lipinski definition) is 1. The van der Waals surface area contributed by atoms with Crippen molar-refractivity contribution in [3.63, 3.8) is 0 Å². The number of hydrogen-bond acceptors (Lipinski definition) is 5. The first kappa shape index (κ1) is 11.6. The molecule has 1 amide bonds. The fraction of sp³-hybridized carbons (Fsp3) is 0.500. The van der Waals surface area contributed by atoms with Crippen molar-refractivity contribution >= 4 is 23.6 Å². The standard InChI is InChI=1S/C8H11N3O3S/c1-5(2)11(4-7(12)13)8(14)6-3-9-15-10-6/h3,5H,4H2,1-2H3,(H,12,13). The Labute approximate surface area is 90.9 Å². The summed E-state index contributed by atoms with van der Waals surface area (Å²) in [4.78, 5) is 23.5. The summed E-state index contributed by atoms with van der Waals surface area (Å²) in [5, 5.41) is 8.65. The molecule has 1 rings (SSSR count). The van der Waals surface area contributed by atoms with Gasteiger partial charge >= 0.3 is 5.97 Å². The molecule has 0 atom stereocenters. The fourth-order valence-electron chi connectivity index (χ4n) is 1.04. The molecule has 0 aromatic carbocycles. The van der Waals surface area contributed by atoms with Crippen molar-refractivity contribution in [1.82, 2.24) is 13.6 Å². The van der Waals surface area contributed by atoms with Crippen LogP contribution in [0.4, 0.5) is 0 Å². The van der Waals surface area contributed by atoms with Gasteiger partial charge in [-0.1, -0.05) is 0 Å². The van der Waals surface area contributed by atoms with Crippen LogP contribution < -0.4 is 0 Å². The van der Waals surface area contributed by atoms with Crippen LogP contribution in [0.5, 0.6) is 0 Å². The van der Waals surface area contributed by atoms with Gasteiger partial charge in [0.05, 0.1) is 17.9 Å². The van der Waals surface area contributed by atoms with E-state index in [1.54, 1.807) is 13.8 Å². The van der Waals surface area contributed by atoms with Crippen LogP contribution in [0.3, 0.4) is 0 Å². The summed E-state index contributed by atoms with van der Waals surface area (Å²) in [6, 6.07) is -0.185. The van der Waals surface area contributed by atoms with Gasteiger partial charge in [0.2, 0.25) is 0 Å². The SMILES string of the molecule is CC(C)N(CC(=O)O)C(=O)c1cnsn1. The van der Waals surface area contributed by atoms with Crippen molar-refractivity contribution in [2.75, 3.05) is 6.54 Å². The van der Waals surface area contributed by atoms with Crippen LogP contribution in [0, 0.1) is 0 Å². The Bertz CT molecular complexity index is 350. The van der Waals surface area contributed by atoms with E-state index in [4.69, 9.17) is 5.11 Å². The minimum atomic E-state index is -1.04. The lowest BCUT2D eigenvalue weighted by atomic mass is 10.3. The molecule has 0 fully saturated rings. The van der Waals surface area contributed by atoms with Gasteiger partial charge in [0.15, 0.2) is 5.69 Å². The van der Waals surface area contributed by atoms with Gasteiger partial charge in [-0.3, -0.25) is 9.59 Å². The van der Waals surface area contributed by atoms with E-state index in [1.807, 2.05) is 0 Å². The highest BCUT2D eigenvalue weighted by Crippen LogP contribution is 2.06. The number of aliphatic carboxylic acids is 1. The van der Waals surface area contributed by atoms with E-state index in [1.165, 1.54) is 11.1 Å². The van der Waals surface area contributed by atoms with Crippen molar-refractivity contribution in [3.8, 4) is 0 Å². The van der Waals surface area contributed by atoms with Crippen LogP contribution in [0.1, 0.15) is 24.3 Å². The number of amides is 1. The highest BCUT2D eigenvalue weighted by molar-refractivity contribution is 6.99. The molecule has 0 unspecified atom stereocenters. The van der Waals surface area contributed by atoms with E-state index in [0.717, 1.165) is 11.7 Å². The van der Waals surface area contributed by atoms with Crippen LogP contribution in [0.25, 0.3) is 0 Å². The summed E-state index contributed by atoms with van der Waals surface area (Å²) >= 11 is 0.921. The second kappa shape index (κ2) is 4.83. The molecule has 0 bridgehead atoms. The number of carbonyl (C=O) groups excluding carboxylic acids is 1. The van der Waals surface area contributed by atoms with Gasteiger partial charge in [-0.05, 0) is 13.8 Å². The van der Waals surface area contributed by atoms with E-state index >= 15 is 0 Å². The quantitative estimate of drug-likeness (QED) is 0.811. The zero-order valence-corrected chi connectivity index (χ0v) is 9.19. The third kappa shape index (κ3) is 2.98. The van der Waals surface area contributed by atoms with Crippen molar-refractivity contribution in [3.05, 3.63) is 11.9 Å². The Morgan fingerprint density at radius 1 is 1.60 bits per heavy atom. The molecule has 0 aliphatic heterocycles. The predicted molar refractivity (Wildman–Crippen MR) is 53.7 cm³/mol. The lowest BCUT2D eigenvalue weighted by Gasteiger charge is -2.23. The summed E-state index contributed by atoms with van der Waals surface area (Å²) in [6.45, 7) is 3.18. The summed E-state index contributed by atoms with van der Waals surface area (Å²) in [5.74, 6) is -1.44. The Balaban J connectivity index is 2.81. The average Bonchev–Trinajstić information content (AvgIpc) is 2.65. The summed E-state index contributed by atoms with van der Waals surface area (Å²) in [7, 11) is 0. The molecule has 0 saturated carbocycles.